The predicted molar refractivity (Wildman–Crippen MR) is 84.6 cm³/mol. The van der Waals surface area contributed by atoms with Crippen LogP contribution in [0.2, 0.25) is 0 Å². The third-order valence-electron chi connectivity index (χ3n) is 3.61. The second-order valence-corrected chi connectivity index (χ2v) is 8.30. The molecule has 7 N–H and O–H groups in total. The topological polar surface area (TPSA) is 233 Å². The SMILES string of the molecule is Nc1ncnc2c1ncn2C1OC(COP(=O)(O)OP(=O)(O)O)[C@H](O)C1O. The molecule has 0 saturated carbocycles. The number of hydrogen-bond donors (Lipinski definition) is 6. The minimum Gasteiger partial charge on any atom is -0.387 e. The zero-order valence-corrected chi connectivity index (χ0v) is 15.0. The van der Waals surface area contributed by atoms with E-state index in [-0.39, 0.29) is 17.0 Å². The van der Waals surface area contributed by atoms with Gasteiger partial charge >= 0.3 is 15.6 Å². The van der Waals surface area contributed by atoms with E-state index >= 15 is 0 Å². The number of ether oxygens (including phenoxy) is 1. The Balaban J connectivity index is 1.75. The molecule has 4 unspecified atom stereocenters. The van der Waals surface area contributed by atoms with Crippen molar-refractivity contribution in [3.8, 4) is 0 Å². The van der Waals surface area contributed by atoms with Crippen molar-refractivity contribution in [3.05, 3.63) is 12.7 Å². The Hall–Kier alpha value is -1.51. The number of anilines is 1. The number of aromatic nitrogens is 4. The maximum absolute atomic E-state index is 11.5. The van der Waals surface area contributed by atoms with E-state index in [0.717, 1.165) is 6.33 Å². The fourth-order valence-corrected chi connectivity index (χ4v) is 4.08. The Kier molecular flexibility index (Phi) is 5.35. The van der Waals surface area contributed by atoms with Crippen LogP contribution in [0.15, 0.2) is 12.7 Å². The van der Waals surface area contributed by atoms with E-state index in [1.54, 1.807) is 0 Å². The molecule has 0 spiro atoms. The lowest BCUT2D eigenvalue weighted by Gasteiger charge is -2.17. The molecule has 5 atom stereocenters. The summed E-state index contributed by atoms with van der Waals surface area (Å²) >= 11 is 0. The van der Waals surface area contributed by atoms with Crippen molar-refractivity contribution in [3.63, 3.8) is 0 Å². The normalized spacial score (nSPS) is 28.5. The molecule has 0 aromatic carbocycles. The molecule has 2 aromatic heterocycles. The predicted octanol–water partition coefficient (Wildman–Crippen LogP) is -1.75. The number of rotatable bonds is 6. The average Bonchev–Trinajstić information content (AvgIpc) is 3.07. The third kappa shape index (κ3) is 4.33. The highest BCUT2D eigenvalue weighted by Crippen LogP contribution is 2.57. The van der Waals surface area contributed by atoms with E-state index in [1.807, 2.05) is 0 Å². The molecule has 1 aliphatic rings. The molecule has 3 heterocycles. The largest absolute Gasteiger partial charge is 0.481 e. The average molecular weight is 427 g/mol. The number of phosphoric acid groups is 2. The molecule has 17 heteroatoms. The summed E-state index contributed by atoms with van der Waals surface area (Å²) in [6.45, 7) is -0.813. The summed E-state index contributed by atoms with van der Waals surface area (Å²) in [7, 11) is -10.4. The van der Waals surface area contributed by atoms with Crippen LogP contribution < -0.4 is 5.73 Å². The van der Waals surface area contributed by atoms with Crippen LogP contribution in [0.5, 0.6) is 0 Å². The van der Waals surface area contributed by atoms with Crippen LogP contribution in [0.3, 0.4) is 0 Å². The van der Waals surface area contributed by atoms with Gasteiger partial charge in [0.15, 0.2) is 17.7 Å². The van der Waals surface area contributed by atoms with Gasteiger partial charge in [-0.1, -0.05) is 0 Å². The van der Waals surface area contributed by atoms with E-state index in [2.05, 4.69) is 23.8 Å². The van der Waals surface area contributed by atoms with Crippen molar-refractivity contribution in [1.29, 1.82) is 0 Å². The number of aliphatic hydroxyl groups is 2. The Morgan fingerprint density at radius 1 is 1.19 bits per heavy atom. The van der Waals surface area contributed by atoms with Gasteiger partial charge in [-0.2, -0.15) is 4.31 Å². The van der Waals surface area contributed by atoms with Crippen molar-refractivity contribution in [1.82, 2.24) is 19.5 Å². The molecule has 15 nitrogen and oxygen atoms in total. The second kappa shape index (κ2) is 7.14. The molecule has 0 bridgehead atoms. The highest BCUT2D eigenvalue weighted by Gasteiger charge is 2.46. The van der Waals surface area contributed by atoms with Gasteiger partial charge in [-0.25, -0.2) is 24.1 Å². The van der Waals surface area contributed by atoms with Gasteiger partial charge in [0.25, 0.3) is 0 Å². The van der Waals surface area contributed by atoms with Crippen molar-refractivity contribution in [2.24, 2.45) is 0 Å². The van der Waals surface area contributed by atoms with Gasteiger partial charge in [-0.3, -0.25) is 9.09 Å². The van der Waals surface area contributed by atoms with Crippen molar-refractivity contribution in [2.45, 2.75) is 24.5 Å². The monoisotopic (exact) mass is 427 g/mol. The first kappa shape index (κ1) is 20.2. The minimum atomic E-state index is -5.29. The summed E-state index contributed by atoms with van der Waals surface area (Å²) in [5.74, 6) is 0.0856. The quantitative estimate of drug-likeness (QED) is 0.281. The van der Waals surface area contributed by atoms with E-state index in [9.17, 15) is 24.2 Å². The summed E-state index contributed by atoms with van der Waals surface area (Å²) in [4.78, 5) is 38.1. The van der Waals surface area contributed by atoms with Gasteiger partial charge in [-0.05, 0) is 0 Å². The second-order valence-electron chi connectivity index (χ2n) is 5.47. The lowest BCUT2D eigenvalue weighted by molar-refractivity contribution is -0.0503. The van der Waals surface area contributed by atoms with Crippen LogP contribution in [-0.2, 0) is 22.7 Å². The van der Waals surface area contributed by atoms with Gasteiger partial charge in [0.05, 0.1) is 12.9 Å². The highest BCUT2D eigenvalue weighted by atomic mass is 31.3. The minimum absolute atomic E-state index is 0.0856. The van der Waals surface area contributed by atoms with Crippen molar-refractivity contribution in [2.75, 3.05) is 12.3 Å². The van der Waals surface area contributed by atoms with Crippen LogP contribution in [-0.4, -0.2) is 69.3 Å². The van der Waals surface area contributed by atoms with Gasteiger partial charge in [0.1, 0.15) is 30.2 Å². The number of imidazole rings is 1. The Morgan fingerprint density at radius 2 is 1.89 bits per heavy atom. The Labute approximate surface area is 150 Å². The standard InChI is InChI=1S/C10H15N5O10P2/c11-8-5-9(13-2-12-8)15(3-14-5)10-7(17)6(16)4(24-10)1-23-27(21,22)25-26(18,19)20/h2-4,6-7,10,16-17H,1H2,(H,21,22)(H2,11,12,13)(H2,18,19,20)/t4?,6-,7?,10?/m0/s1. The fraction of sp³-hybridized carbons (Fsp3) is 0.500. The first-order chi connectivity index (χ1) is 12.5. The molecule has 0 amide bonds. The first-order valence-corrected chi connectivity index (χ1v) is 10.2. The molecule has 1 fully saturated rings. The molecule has 0 radical (unpaired) electrons. The molecule has 2 aromatic rings. The zero-order valence-electron chi connectivity index (χ0n) is 13.2. The number of phosphoric ester groups is 1. The van der Waals surface area contributed by atoms with Crippen LogP contribution in [0.4, 0.5) is 5.82 Å². The molecule has 27 heavy (non-hydrogen) atoms. The fourth-order valence-electron chi connectivity index (χ4n) is 2.48. The molecular formula is C10H15N5O10P2. The molecule has 1 aliphatic heterocycles. The highest BCUT2D eigenvalue weighted by molar-refractivity contribution is 7.60. The summed E-state index contributed by atoms with van der Waals surface area (Å²) < 4.78 is 36.8. The lowest BCUT2D eigenvalue weighted by atomic mass is 10.1. The van der Waals surface area contributed by atoms with Crippen LogP contribution >= 0.6 is 15.6 Å². The number of nitrogens with zero attached hydrogens (tertiary/aromatic N) is 4. The van der Waals surface area contributed by atoms with E-state index < -0.39 is 46.8 Å². The van der Waals surface area contributed by atoms with Crippen LogP contribution in [0.1, 0.15) is 6.23 Å². The third-order valence-corrected chi connectivity index (χ3v) is 5.76. The molecule has 3 rings (SSSR count). The molecule has 0 aliphatic carbocycles. The Morgan fingerprint density at radius 3 is 2.56 bits per heavy atom. The number of nitrogens with two attached hydrogens (primary N) is 1. The van der Waals surface area contributed by atoms with Crippen LogP contribution in [0.25, 0.3) is 11.2 Å². The summed E-state index contributed by atoms with van der Waals surface area (Å²) in [5, 5.41) is 20.3. The van der Waals surface area contributed by atoms with Gasteiger partial charge < -0.3 is 35.4 Å². The van der Waals surface area contributed by atoms with Crippen LogP contribution in [0, 0.1) is 0 Å². The number of hydrogen-bond acceptors (Lipinski definition) is 11. The van der Waals surface area contributed by atoms with Gasteiger partial charge in [0, 0.05) is 0 Å². The zero-order chi connectivity index (χ0) is 20.0. The van der Waals surface area contributed by atoms with Gasteiger partial charge in [0.2, 0.25) is 0 Å². The maximum atomic E-state index is 11.5. The van der Waals surface area contributed by atoms with Crippen molar-refractivity contribution < 1.29 is 47.6 Å². The summed E-state index contributed by atoms with van der Waals surface area (Å²) in [5.41, 5.74) is 6.11. The molecule has 1 saturated heterocycles. The van der Waals surface area contributed by atoms with Gasteiger partial charge in [-0.15, -0.1) is 0 Å². The Bertz CT molecular complexity index is 932. The molecular weight excluding hydrogens is 412 g/mol. The number of nitrogen functional groups attached to an aromatic ring is 1. The first-order valence-electron chi connectivity index (χ1n) is 7.17. The number of fused-ring (bicyclic) bond motifs is 1. The van der Waals surface area contributed by atoms with E-state index in [0.29, 0.717) is 0 Å². The lowest BCUT2D eigenvalue weighted by Crippen LogP contribution is -2.33. The summed E-state index contributed by atoms with van der Waals surface area (Å²) in [6, 6.07) is 0. The van der Waals surface area contributed by atoms with E-state index in [4.69, 9.17) is 20.3 Å². The van der Waals surface area contributed by atoms with E-state index in [1.165, 1.54) is 10.9 Å². The maximum Gasteiger partial charge on any atom is 0.481 e. The van der Waals surface area contributed by atoms with Crippen molar-refractivity contribution >= 4 is 32.6 Å². The molecule has 150 valence electrons. The smallest absolute Gasteiger partial charge is 0.387 e. The number of aliphatic hydroxyl groups excluding tert-OH is 2. The summed E-state index contributed by atoms with van der Waals surface area (Å²) in [6.07, 6.45) is -3.20.